The van der Waals surface area contributed by atoms with Crippen molar-refractivity contribution in [2.75, 3.05) is 6.61 Å². The zero-order valence-electron chi connectivity index (χ0n) is 13.9. The molecule has 0 unspecified atom stereocenters. The van der Waals surface area contributed by atoms with Gasteiger partial charge in [0.2, 0.25) is 0 Å². The van der Waals surface area contributed by atoms with Crippen molar-refractivity contribution >= 4 is 11.0 Å². The summed E-state index contributed by atoms with van der Waals surface area (Å²) in [5, 5.41) is 9.45. The summed E-state index contributed by atoms with van der Waals surface area (Å²) in [7, 11) is 0. The lowest BCUT2D eigenvalue weighted by Crippen LogP contribution is -2.21. The van der Waals surface area contributed by atoms with Gasteiger partial charge in [-0.05, 0) is 36.6 Å². The zero-order chi connectivity index (χ0) is 16.8. The molecule has 1 heterocycles. The Bertz CT molecular complexity index is 863. The Kier molecular flexibility index (Phi) is 3.72. The van der Waals surface area contributed by atoms with E-state index in [2.05, 4.69) is 9.97 Å². The van der Waals surface area contributed by atoms with Gasteiger partial charge in [-0.3, -0.25) is 0 Å². The minimum atomic E-state index is -0.285. The van der Waals surface area contributed by atoms with Crippen LogP contribution in [0.15, 0.2) is 30.3 Å². The first-order valence-electron chi connectivity index (χ1n) is 7.70. The minimum absolute atomic E-state index is 0.0841. The number of aliphatic hydroxyl groups excluding tert-OH is 1. The Morgan fingerprint density at radius 1 is 1.17 bits per heavy atom. The summed E-state index contributed by atoms with van der Waals surface area (Å²) >= 11 is 0. The molecule has 3 nitrogen and oxygen atoms in total. The molecule has 0 aliphatic rings. The van der Waals surface area contributed by atoms with Gasteiger partial charge in [-0.2, -0.15) is 0 Å². The Balaban J connectivity index is 2.06. The van der Waals surface area contributed by atoms with Crippen molar-refractivity contribution in [3.63, 3.8) is 0 Å². The third-order valence-corrected chi connectivity index (χ3v) is 4.56. The van der Waals surface area contributed by atoms with Crippen molar-refractivity contribution in [1.29, 1.82) is 0 Å². The number of nitrogens with one attached hydrogen (secondary N) is 1. The van der Waals surface area contributed by atoms with E-state index in [1.807, 2.05) is 51.1 Å². The van der Waals surface area contributed by atoms with E-state index in [1.54, 1.807) is 6.92 Å². The summed E-state index contributed by atoms with van der Waals surface area (Å²) in [5.41, 5.74) is 4.29. The molecule has 0 fully saturated rings. The summed E-state index contributed by atoms with van der Waals surface area (Å²) < 4.78 is 14.3. The topological polar surface area (TPSA) is 48.9 Å². The van der Waals surface area contributed by atoms with Crippen molar-refractivity contribution in [2.24, 2.45) is 0 Å². The molecule has 0 saturated carbocycles. The van der Waals surface area contributed by atoms with E-state index < -0.39 is 0 Å². The zero-order valence-corrected chi connectivity index (χ0v) is 13.9. The third kappa shape index (κ3) is 2.63. The van der Waals surface area contributed by atoms with Crippen molar-refractivity contribution < 1.29 is 9.50 Å². The standard InChI is InChI=1S/C19H21FN2O/c1-11-9-15-17(16(20)12(11)2)22-18(21-15)13-5-7-14(8-6-13)19(3,4)10-23/h5-9,23H,10H2,1-4H3,(H,21,22). The van der Waals surface area contributed by atoms with Gasteiger partial charge < -0.3 is 10.1 Å². The molecule has 0 bridgehead atoms. The second-order valence-corrected chi connectivity index (χ2v) is 6.73. The molecule has 0 aliphatic heterocycles. The summed E-state index contributed by atoms with van der Waals surface area (Å²) in [6.07, 6.45) is 0. The SMILES string of the molecule is Cc1cc2[nH]c(-c3ccc(C(C)(C)CO)cc3)nc2c(F)c1C. The molecule has 0 spiro atoms. The van der Waals surface area contributed by atoms with Crippen LogP contribution in [0.1, 0.15) is 30.5 Å². The highest BCUT2D eigenvalue weighted by molar-refractivity contribution is 5.81. The second kappa shape index (κ2) is 5.46. The molecule has 0 aliphatic carbocycles. The van der Waals surface area contributed by atoms with Crippen LogP contribution in [0.2, 0.25) is 0 Å². The van der Waals surface area contributed by atoms with Gasteiger partial charge >= 0.3 is 0 Å². The summed E-state index contributed by atoms with van der Waals surface area (Å²) in [6.45, 7) is 7.73. The van der Waals surface area contributed by atoms with Crippen LogP contribution in [-0.4, -0.2) is 21.7 Å². The molecule has 1 aromatic heterocycles. The Morgan fingerprint density at radius 2 is 1.83 bits per heavy atom. The fourth-order valence-electron chi connectivity index (χ4n) is 2.64. The van der Waals surface area contributed by atoms with Gasteiger partial charge in [-0.1, -0.05) is 38.1 Å². The van der Waals surface area contributed by atoms with Crippen LogP contribution >= 0.6 is 0 Å². The van der Waals surface area contributed by atoms with E-state index in [1.165, 1.54) is 0 Å². The molecule has 2 N–H and O–H groups in total. The van der Waals surface area contributed by atoms with E-state index in [9.17, 15) is 9.50 Å². The largest absolute Gasteiger partial charge is 0.395 e. The molecule has 0 amide bonds. The highest BCUT2D eigenvalue weighted by Gasteiger charge is 2.19. The van der Waals surface area contributed by atoms with Crippen LogP contribution in [0.25, 0.3) is 22.4 Å². The average molecular weight is 312 g/mol. The summed E-state index contributed by atoms with van der Waals surface area (Å²) in [4.78, 5) is 7.61. The Morgan fingerprint density at radius 3 is 2.43 bits per heavy atom. The molecule has 3 aromatic rings. The molecular weight excluding hydrogens is 291 g/mol. The highest BCUT2D eigenvalue weighted by atomic mass is 19.1. The number of hydrogen-bond acceptors (Lipinski definition) is 2. The normalized spacial score (nSPS) is 12.1. The maximum atomic E-state index is 14.3. The number of H-pyrrole nitrogens is 1. The van der Waals surface area contributed by atoms with E-state index >= 15 is 0 Å². The molecule has 0 radical (unpaired) electrons. The van der Waals surface area contributed by atoms with Crippen LogP contribution in [-0.2, 0) is 5.41 Å². The lowest BCUT2D eigenvalue weighted by atomic mass is 9.85. The quantitative estimate of drug-likeness (QED) is 0.759. The van der Waals surface area contributed by atoms with Gasteiger partial charge in [0.1, 0.15) is 11.3 Å². The maximum Gasteiger partial charge on any atom is 0.154 e. The number of aliphatic hydroxyl groups is 1. The lowest BCUT2D eigenvalue weighted by molar-refractivity contribution is 0.218. The number of aryl methyl sites for hydroxylation is 1. The fraction of sp³-hybridized carbons (Fsp3) is 0.316. The Labute approximate surface area is 135 Å². The van der Waals surface area contributed by atoms with Gasteiger partial charge in [0.15, 0.2) is 5.82 Å². The van der Waals surface area contributed by atoms with E-state index in [0.717, 1.165) is 16.7 Å². The fourth-order valence-corrected chi connectivity index (χ4v) is 2.64. The monoisotopic (exact) mass is 312 g/mol. The van der Waals surface area contributed by atoms with Crippen LogP contribution in [0.3, 0.4) is 0 Å². The number of benzene rings is 2. The van der Waals surface area contributed by atoms with Crippen LogP contribution < -0.4 is 0 Å². The summed E-state index contributed by atoms with van der Waals surface area (Å²) in [5.74, 6) is 0.387. The van der Waals surface area contributed by atoms with Gasteiger partial charge in [-0.25, -0.2) is 9.37 Å². The predicted octanol–water partition coefficient (Wildman–Crippen LogP) is 4.26. The van der Waals surface area contributed by atoms with E-state index in [4.69, 9.17) is 0 Å². The number of fused-ring (bicyclic) bond motifs is 1. The number of aromatic amines is 1. The second-order valence-electron chi connectivity index (χ2n) is 6.73. The molecule has 120 valence electrons. The first kappa shape index (κ1) is 15.7. The number of nitrogens with zero attached hydrogens (tertiary/aromatic N) is 1. The van der Waals surface area contributed by atoms with Crippen molar-refractivity contribution in [1.82, 2.24) is 9.97 Å². The molecule has 3 rings (SSSR count). The van der Waals surface area contributed by atoms with Crippen molar-refractivity contribution in [3.8, 4) is 11.4 Å². The van der Waals surface area contributed by atoms with E-state index in [-0.39, 0.29) is 17.8 Å². The highest BCUT2D eigenvalue weighted by Crippen LogP contribution is 2.28. The number of imidazole rings is 1. The minimum Gasteiger partial charge on any atom is -0.395 e. The number of hydrogen-bond donors (Lipinski definition) is 2. The van der Waals surface area contributed by atoms with Crippen LogP contribution in [0, 0.1) is 19.7 Å². The van der Waals surface area contributed by atoms with Gasteiger partial charge in [0.25, 0.3) is 0 Å². The first-order chi connectivity index (χ1) is 10.8. The Hall–Kier alpha value is -2.20. The van der Waals surface area contributed by atoms with E-state index in [0.29, 0.717) is 22.4 Å². The maximum absolute atomic E-state index is 14.3. The van der Waals surface area contributed by atoms with Crippen molar-refractivity contribution in [2.45, 2.75) is 33.1 Å². The number of halogens is 1. The van der Waals surface area contributed by atoms with Gasteiger partial charge in [0, 0.05) is 11.0 Å². The number of aromatic nitrogens is 2. The average Bonchev–Trinajstić information content (AvgIpc) is 2.97. The molecule has 23 heavy (non-hydrogen) atoms. The molecule has 0 saturated heterocycles. The number of rotatable bonds is 3. The smallest absolute Gasteiger partial charge is 0.154 e. The molecule has 4 heteroatoms. The van der Waals surface area contributed by atoms with Gasteiger partial charge in [-0.15, -0.1) is 0 Å². The van der Waals surface area contributed by atoms with Gasteiger partial charge in [0.05, 0.1) is 12.1 Å². The lowest BCUT2D eigenvalue weighted by Gasteiger charge is -2.22. The van der Waals surface area contributed by atoms with Crippen LogP contribution in [0.5, 0.6) is 0 Å². The summed E-state index contributed by atoms with van der Waals surface area (Å²) in [6, 6.07) is 9.77. The van der Waals surface area contributed by atoms with Crippen LogP contribution in [0.4, 0.5) is 4.39 Å². The first-order valence-corrected chi connectivity index (χ1v) is 7.70. The molecular formula is C19H21FN2O. The molecule has 2 aromatic carbocycles. The predicted molar refractivity (Wildman–Crippen MR) is 91.1 cm³/mol. The molecule has 0 atom stereocenters. The third-order valence-electron chi connectivity index (χ3n) is 4.56. The van der Waals surface area contributed by atoms with Crippen molar-refractivity contribution in [3.05, 3.63) is 52.8 Å².